The van der Waals surface area contributed by atoms with Crippen LogP contribution in [0.4, 0.5) is 4.39 Å². The Hall–Kier alpha value is -1.38. The maximum atomic E-state index is 13.2. The van der Waals surface area contributed by atoms with Gasteiger partial charge in [-0.3, -0.25) is 4.90 Å². The van der Waals surface area contributed by atoms with E-state index in [1.807, 2.05) is 6.07 Å². The minimum atomic E-state index is -0.110. The van der Waals surface area contributed by atoms with Gasteiger partial charge in [-0.2, -0.15) is 0 Å². The van der Waals surface area contributed by atoms with Crippen molar-refractivity contribution in [2.24, 2.45) is 0 Å². The Labute approximate surface area is 132 Å². The van der Waals surface area contributed by atoms with Crippen molar-refractivity contribution in [3.8, 4) is 0 Å². The Morgan fingerprint density at radius 2 is 1.81 bits per heavy atom. The molecule has 2 aromatic rings. The van der Waals surface area contributed by atoms with Crippen LogP contribution in [-0.4, -0.2) is 18.0 Å². The molecule has 21 heavy (non-hydrogen) atoms. The van der Waals surface area contributed by atoms with E-state index in [0.29, 0.717) is 0 Å². The summed E-state index contributed by atoms with van der Waals surface area (Å²) in [5.74, 6) is -0.110. The molecule has 1 nitrogen and oxygen atoms in total. The highest BCUT2D eigenvalue weighted by atomic mass is 35.5. The molecule has 0 aliphatic carbocycles. The first-order valence-electron chi connectivity index (χ1n) is 7.35. The molecule has 112 valence electrons. The molecule has 0 saturated heterocycles. The maximum absolute atomic E-state index is 13.2. The van der Waals surface area contributed by atoms with E-state index in [-0.39, 0.29) is 18.2 Å². The summed E-state index contributed by atoms with van der Waals surface area (Å²) >= 11 is 0. The Morgan fingerprint density at radius 3 is 2.62 bits per heavy atom. The van der Waals surface area contributed by atoms with Crippen LogP contribution in [0.3, 0.4) is 0 Å². The van der Waals surface area contributed by atoms with E-state index >= 15 is 0 Å². The molecule has 0 aromatic heterocycles. The summed E-state index contributed by atoms with van der Waals surface area (Å²) in [6, 6.07) is 15.8. The van der Waals surface area contributed by atoms with Gasteiger partial charge in [0.2, 0.25) is 0 Å². The van der Waals surface area contributed by atoms with Crippen LogP contribution in [-0.2, 0) is 19.4 Å². The number of rotatable bonds is 4. The van der Waals surface area contributed by atoms with Gasteiger partial charge >= 0.3 is 0 Å². The van der Waals surface area contributed by atoms with E-state index in [9.17, 15) is 4.39 Å². The third kappa shape index (κ3) is 4.29. The maximum Gasteiger partial charge on any atom is 0.123 e. The van der Waals surface area contributed by atoms with E-state index in [0.717, 1.165) is 32.5 Å². The van der Waals surface area contributed by atoms with E-state index in [2.05, 4.69) is 35.2 Å². The molecule has 0 bridgehead atoms. The van der Waals surface area contributed by atoms with Gasteiger partial charge in [-0.1, -0.05) is 36.4 Å². The lowest BCUT2D eigenvalue weighted by molar-refractivity contribution is 0.251. The van der Waals surface area contributed by atoms with Crippen molar-refractivity contribution in [1.29, 1.82) is 0 Å². The zero-order valence-electron chi connectivity index (χ0n) is 12.1. The SMILES string of the molecule is Cl.Fc1ccc2c(c1)CCN(CCCc1ccccc1)C2. The molecule has 3 heteroatoms. The van der Waals surface area contributed by atoms with E-state index < -0.39 is 0 Å². The van der Waals surface area contributed by atoms with Crippen molar-refractivity contribution < 1.29 is 4.39 Å². The molecule has 1 aliphatic heterocycles. The number of hydrogen-bond donors (Lipinski definition) is 0. The summed E-state index contributed by atoms with van der Waals surface area (Å²) in [5, 5.41) is 0. The number of hydrogen-bond acceptors (Lipinski definition) is 1. The first kappa shape index (κ1) is 16.0. The largest absolute Gasteiger partial charge is 0.299 e. The molecule has 0 atom stereocenters. The Bertz CT molecular complexity index is 571. The summed E-state index contributed by atoms with van der Waals surface area (Å²) < 4.78 is 13.2. The molecular weight excluding hydrogens is 285 g/mol. The average molecular weight is 306 g/mol. The average Bonchev–Trinajstić information content (AvgIpc) is 2.48. The molecule has 0 unspecified atom stereocenters. The topological polar surface area (TPSA) is 3.24 Å². The van der Waals surface area contributed by atoms with E-state index in [1.165, 1.54) is 23.1 Å². The van der Waals surface area contributed by atoms with Crippen molar-refractivity contribution in [2.45, 2.75) is 25.8 Å². The predicted octanol–water partition coefficient (Wildman–Crippen LogP) is 4.24. The minimum absolute atomic E-state index is 0. The van der Waals surface area contributed by atoms with Crippen LogP contribution < -0.4 is 0 Å². The van der Waals surface area contributed by atoms with Crippen molar-refractivity contribution >= 4 is 12.4 Å². The molecule has 0 radical (unpaired) electrons. The van der Waals surface area contributed by atoms with Gasteiger partial charge in [0.1, 0.15) is 5.82 Å². The summed E-state index contributed by atoms with van der Waals surface area (Å²) in [5.41, 5.74) is 3.88. The summed E-state index contributed by atoms with van der Waals surface area (Å²) in [6.07, 6.45) is 3.28. The first-order valence-corrected chi connectivity index (χ1v) is 7.35. The van der Waals surface area contributed by atoms with Gasteiger partial charge in [0.25, 0.3) is 0 Å². The fourth-order valence-corrected chi connectivity index (χ4v) is 2.92. The molecule has 3 rings (SSSR count). The number of fused-ring (bicyclic) bond motifs is 1. The van der Waals surface area contributed by atoms with Crippen molar-refractivity contribution in [2.75, 3.05) is 13.1 Å². The second kappa shape index (κ2) is 7.58. The third-order valence-corrected chi connectivity index (χ3v) is 4.04. The lowest BCUT2D eigenvalue weighted by Gasteiger charge is -2.28. The lowest BCUT2D eigenvalue weighted by atomic mass is 9.99. The van der Waals surface area contributed by atoms with Crippen LogP contribution in [0.25, 0.3) is 0 Å². The summed E-state index contributed by atoms with van der Waals surface area (Å²) in [7, 11) is 0. The molecule has 0 N–H and O–H groups in total. The molecular formula is C18H21ClFN. The van der Waals surface area contributed by atoms with Gasteiger partial charge in [-0.05, 0) is 54.6 Å². The monoisotopic (exact) mass is 305 g/mol. The van der Waals surface area contributed by atoms with Gasteiger partial charge in [0.15, 0.2) is 0 Å². The number of halogens is 2. The second-order valence-corrected chi connectivity index (χ2v) is 5.53. The summed E-state index contributed by atoms with van der Waals surface area (Å²) in [4.78, 5) is 2.48. The van der Waals surface area contributed by atoms with Gasteiger partial charge in [-0.25, -0.2) is 4.39 Å². The lowest BCUT2D eigenvalue weighted by Crippen LogP contribution is -2.31. The fraction of sp³-hybridized carbons (Fsp3) is 0.333. The highest BCUT2D eigenvalue weighted by Crippen LogP contribution is 2.20. The molecule has 1 aliphatic rings. The standard InChI is InChI=1S/C18H20FN.ClH/c19-18-9-8-17-14-20(12-10-16(17)13-18)11-4-7-15-5-2-1-3-6-15;/h1-3,5-6,8-9,13H,4,7,10-12,14H2;1H. The summed E-state index contributed by atoms with van der Waals surface area (Å²) in [6.45, 7) is 3.13. The van der Waals surface area contributed by atoms with E-state index in [1.54, 1.807) is 12.1 Å². The third-order valence-electron chi connectivity index (χ3n) is 4.04. The second-order valence-electron chi connectivity index (χ2n) is 5.53. The Morgan fingerprint density at radius 1 is 1.00 bits per heavy atom. The van der Waals surface area contributed by atoms with Crippen LogP contribution in [0.1, 0.15) is 23.1 Å². The molecule has 0 fully saturated rings. The van der Waals surface area contributed by atoms with Gasteiger partial charge in [0, 0.05) is 13.1 Å². The van der Waals surface area contributed by atoms with Crippen molar-refractivity contribution in [1.82, 2.24) is 4.90 Å². The minimum Gasteiger partial charge on any atom is -0.299 e. The number of nitrogens with zero attached hydrogens (tertiary/aromatic N) is 1. The Balaban J connectivity index is 0.00000161. The zero-order valence-corrected chi connectivity index (χ0v) is 12.9. The molecule has 1 heterocycles. The van der Waals surface area contributed by atoms with Gasteiger partial charge in [-0.15, -0.1) is 12.4 Å². The predicted molar refractivity (Wildman–Crippen MR) is 87.4 cm³/mol. The smallest absolute Gasteiger partial charge is 0.123 e. The van der Waals surface area contributed by atoms with Crippen LogP contribution in [0.15, 0.2) is 48.5 Å². The quantitative estimate of drug-likeness (QED) is 0.817. The zero-order chi connectivity index (χ0) is 13.8. The van der Waals surface area contributed by atoms with Crippen molar-refractivity contribution in [3.05, 3.63) is 71.0 Å². The first-order chi connectivity index (χ1) is 9.81. The molecule has 2 aromatic carbocycles. The van der Waals surface area contributed by atoms with Gasteiger partial charge < -0.3 is 0 Å². The number of aryl methyl sites for hydroxylation is 1. The van der Waals surface area contributed by atoms with Crippen molar-refractivity contribution in [3.63, 3.8) is 0 Å². The number of benzene rings is 2. The van der Waals surface area contributed by atoms with Crippen LogP contribution >= 0.6 is 12.4 Å². The normalized spacial score (nSPS) is 14.3. The molecule has 0 saturated carbocycles. The molecule has 0 spiro atoms. The van der Waals surface area contributed by atoms with E-state index in [4.69, 9.17) is 0 Å². The van der Waals surface area contributed by atoms with Crippen LogP contribution in [0.2, 0.25) is 0 Å². The van der Waals surface area contributed by atoms with Crippen LogP contribution in [0, 0.1) is 5.82 Å². The fourth-order valence-electron chi connectivity index (χ4n) is 2.92. The Kier molecular flexibility index (Phi) is 5.77. The van der Waals surface area contributed by atoms with Gasteiger partial charge in [0.05, 0.1) is 0 Å². The highest BCUT2D eigenvalue weighted by Gasteiger charge is 2.15. The van der Waals surface area contributed by atoms with Crippen LogP contribution in [0.5, 0.6) is 0 Å². The highest BCUT2D eigenvalue weighted by molar-refractivity contribution is 5.85. The molecule has 0 amide bonds.